The number of rotatable bonds is 9. The molecule has 0 saturated heterocycles. The average molecular weight is 329 g/mol. The zero-order valence-electron chi connectivity index (χ0n) is 12.7. The van der Waals surface area contributed by atoms with E-state index >= 15 is 0 Å². The van der Waals surface area contributed by atoms with Crippen molar-refractivity contribution in [2.75, 3.05) is 25.0 Å². The Kier molecular flexibility index (Phi) is 7.62. The first-order chi connectivity index (χ1) is 10.4. The summed E-state index contributed by atoms with van der Waals surface area (Å²) in [5, 5.41) is 19.8. The molecule has 0 aliphatic rings. The van der Waals surface area contributed by atoms with Crippen LogP contribution in [0, 0.1) is 10.1 Å². The van der Waals surface area contributed by atoms with Gasteiger partial charge in [0, 0.05) is 31.3 Å². The maximum absolute atomic E-state index is 11.6. The quantitative estimate of drug-likeness (QED) is 0.367. The van der Waals surface area contributed by atoms with Gasteiger partial charge < -0.3 is 16.0 Å². The lowest BCUT2D eigenvalue weighted by atomic mass is 10.2. The van der Waals surface area contributed by atoms with Gasteiger partial charge in [-0.1, -0.05) is 18.5 Å². The van der Waals surface area contributed by atoms with Gasteiger partial charge in [-0.3, -0.25) is 14.9 Å². The van der Waals surface area contributed by atoms with Crippen molar-refractivity contribution in [2.24, 2.45) is 0 Å². The molecule has 7 nitrogen and oxygen atoms in total. The van der Waals surface area contributed by atoms with Crippen molar-refractivity contribution in [1.82, 2.24) is 10.6 Å². The third-order valence-electron chi connectivity index (χ3n) is 3.15. The van der Waals surface area contributed by atoms with E-state index in [1.807, 2.05) is 13.8 Å². The molecule has 3 N–H and O–H groups in total. The van der Waals surface area contributed by atoms with E-state index in [1.54, 1.807) is 6.07 Å². The van der Waals surface area contributed by atoms with Crippen LogP contribution < -0.4 is 16.0 Å². The Morgan fingerprint density at radius 2 is 2.14 bits per heavy atom. The van der Waals surface area contributed by atoms with Gasteiger partial charge in [0.15, 0.2) is 0 Å². The van der Waals surface area contributed by atoms with Crippen LogP contribution in [0.25, 0.3) is 0 Å². The van der Waals surface area contributed by atoms with Crippen LogP contribution in [0.3, 0.4) is 0 Å². The molecule has 22 heavy (non-hydrogen) atoms. The number of nitro groups is 1. The third-order valence-corrected chi connectivity index (χ3v) is 3.46. The molecule has 0 saturated carbocycles. The highest BCUT2D eigenvalue weighted by atomic mass is 35.5. The average Bonchev–Trinajstić information content (AvgIpc) is 2.50. The molecule has 0 fully saturated rings. The number of nitro benzene ring substituents is 1. The minimum Gasteiger partial charge on any atom is -0.382 e. The van der Waals surface area contributed by atoms with Gasteiger partial charge in [-0.25, -0.2) is 0 Å². The van der Waals surface area contributed by atoms with Gasteiger partial charge in [0.25, 0.3) is 5.69 Å². The van der Waals surface area contributed by atoms with Crippen LogP contribution in [0.5, 0.6) is 0 Å². The molecule has 0 aliphatic carbocycles. The minimum absolute atomic E-state index is 0.0556. The molecule has 0 spiro atoms. The molecule has 1 unspecified atom stereocenters. The Morgan fingerprint density at radius 3 is 2.73 bits per heavy atom. The van der Waals surface area contributed by atoms with E-state index in [9.17, 15) is 14.9 Å². The molecule has 0 heterocycles. The zero-order valence-corrected chi connectivity index (χ0v) is 13.4. The standard InChI is InChI=1S/C14H21ClN4O3/c1-3-10(2)18-9-14(20)17-7-6-16-13-5-4-11(19(21)22)8-12(13)15/h4-5,8,10,16,18H,3,6-7,9H2,1-2H3,(H,17,20). The number of halogens is 1. The topological polar surface area (TPSA) is 96.3 Å². The number of nitrogens with zero attached hydrogens (tertiary/aromatic N) is 1. The second-order valence-corrected chi connectivity index (χ2v) is 5.30. The lowest BCUT2D eigenvalue weighted by molar-refractivity contribution is -0.384. The van der Waals surface area contributed by atoms with Crippen molar-refractivity contribution in [3.05, 3.63) is 33.3 Å². The van der Waals surface area contributed by atoms with E-state index in [0.717, 1.165) is 6.42 Å². The fourth-order valence-corrected chi connectivity index (χ4v) is 1.88. The first-order valence-corrected chi connectivity index (χ1v) is 7.49. The van der Waals surface area contributed by atoms with Crippen molar-refractivity contribution in [3.8, 4) is 0 Å². The number of nitrogens with one attached hydrogen (secondary N) is 3. The minimum atomic E-state index is -0.500. The van der Waals surface area contributed by atoms with Crippen molar-refractivity contribution >= 4 is 28.9 Å². The van der Waals surface area contributed by atoms with Crippen LogP contribution >= 0.6 is 11.6 Å². The number of amides is 1. The fraction of sp³-hybridized carbons (Fsp3) is 0.500. The molecule has 1 aromatic rings. The summed E-state index contributed by atoms with van der Waals surface area (Å²) in [5.74, 6) is -0.0723. The van der Waals surface area contributed by atoms with Crippen LogP contribution in [0.2, 0.25) is 5.02 Å². The molecule has 0 aliphatic heterocycles. The summed E-state index contributed by atoms with van der Waals surface area (Å²) in [6.45, 7) is 5.27. The predicted octanol–water partition coefficient (Wildman–Crippen LogP) is 2.16. The Balaban J connectivity index is 2.30. The highest BCUT2D eigenvalue weighted by Crippen LogP contribution is 2.26. The van der Waals surface area contributed by atoms with Crippen LogP contribution in [-0.2, 0) is 4.79 Å². The largest absolute Gasteiger partial charge is 0.382 e. The maximum Gasteiger partial charge on any atom is 0.271 e. The Morgan fingerprint density at radius 1 is 1.41 bits per heavy atom. The van der Waals surface area contributed by atoms with Crippen molar-refractivity contribution in [1.29, 1.82) is 0 Å². The van der Waals surface area contributed by atoms with E-state index in [-0.39, 0.29) is 23.2 Å². The summed E-state index contributed by atoms with van der Waals surface area (Å²) in [5.41, 5.74) is 0.541. The number of carbonyl (C=O) groups excluding carboxylic acids is 1. The number of hydrogen-bond donors (Lipinski definition) is 3. The second-order valence-electron chi connectivity index (χ2n) is 4.89. The molecule has 8 heteroatoms. The highest BCUT2D eigenvalue weighted by molar-refractivity contribution is 6.33. The number of anilines is 1. The van der Waals surface area contributed by atoms with Gasteiger partial charge >= 0.3 is 0 Å². The van der Waals surface area contributed by atoms with Crippen LogP contribution in [0.1, 0.15) is 20.3 Å². The molecule has 1 aromatic carbocycles. The smallest absolute Gasteiger partial charge is 0.271 e. The maximum atomic E-state index is 11.6. The van der Waals surface area contributed by atoms with Gasteiger partial charge in [-0.2, -0.15) is 0 Å². The van der Waals surface area contributed by atoms with Crippen LogP contribution in [0.15, 0.2) is 18.2 Å². The first kappa shape index (κ1) is 18.2. The molecule has 122 valence electrons. The van der Waals surface area contributed by atoms with E-state index in [0.29, 0.717) is 24.8 Å². The lowest BCUT2D eigenvalue weighted by Gasteiger charge is -2.12. The van der Waals surface area contributed by atoms with Gasteiger partial charge in [0.05, 0.1) is 22.2 Å². The highest BCUT2D eigenvalue weighted by Gasteiger charge is 2.09. The number of benzene rings is 1. The SMILES string of the molecule is CCC(C)NCC(=O)NCCNc1ccc([N+](=O)[O-])cc1Cl. The third kappa shape index (κ3) is 6.28. The molecule has 1 atom stereocenters. The van der Waals surface area contributed by atoms with Gasteiger partial charge in [0.2, 0.25) is 5.91 Å². The number of carbonyl (C=O) groups is 1. The van der Waals surface area contributed by atoms with Crippen molar-refractivity contribution < 1.29 is 9.72 Å². The van der Waals surface area contributed by atoms with Crippen LogP contribution in [-0.4, -0.2) is 36.5 Å². The normalized spacial score (nSPS) is 11.8. The molecule has 0 radical (unpaired) electrons. The van der Waals surface area contributed by atoms with E-state index in [2.05, 4.69) is 16.0 Å². The second kappa shape index (κ2) is 9.22. The molecular weight excluding hydrogens is 308 g/mol. The van der Waals surface area contributed by atoms with Crippen LogP contribution in [0.4, 0.5) is 11.4 Å². The summed E-state index contributed by atoms with van der Waals surface area (Å²) in [4.78, 5) is 21.7. The Hall–Kier alpha value is -1.86. The number of hydrogen-bond acceptors (Lipinski definition) is 5. The zero-order chi connectivity index (χ0) is 16.5. The van der Waals surface area contributed by atoms with Gasteiger partial charge in [-0.15, -0.1) is 0 Å². The molecule has 1 amide bonds. The molecule has 1 rings (SSSR count). The van der Waals surface area contributed by atoms with Crippen molar-refractivity contribution in [2.45, 2.75) is 26.3 Å². The molecular formula is C14H21ClN4O3. The summed E-state index contributed by atoms with van der Waals surface area (Å²) < 4.78 is 0. The van der Waals surface area contributed by atoms with Crippen molar-refractivity contribution in [3.63, 3.8) is 0 Å². The van der Waals surface area contributed by atoms with E-state index in [1.165, 1.54) is 12.1 Å². The lowest BCUT2D eigenvalue weighted by Crippen LogP contribution is -2.39. The summed E-state index contributed by atoms with van der Waals surface area (Å²) in [7, 11) is 0. The Labute approximate surface area is 134 Å². The summed E-state index contributed by atoms with van der Waals surface area (Å²) in [6, 6.07) is 4.52. The monoisotopic (exact) mass is 328 g/mol. The number of non-ortho nitro benzene ring substituents is 1. The van der Waals surface area contributed by atoms with E-state index < -0.39 is 4.92 Å². The van der Waals surface area contributed by atoms with Gasteiger partial charge in [-0.05, 0) is 19.4 Å². The molecule has 0 bridgehead atoms. The van der Waals surface area contributed by atoms with Gasteiger partial charge in [0.1, 0.15) is 0 Å². The van der Waals surface area contributed by atoms with E-state index in [4.69, 9.17) is 11.6 Å². The molecule has 0 aromatic heterocycles. The summed E-state index contributed by atoms with van der Waals surface area (Å²) in [6.07, 6.45) is 0.966. The Bertz CT molecular complexity index is 525. The predicted molar refractivity (Wildman–Crippen MR) is 87.4 cm³/mol. The fourth-order valence-electron chi connectivity index (χ4n) is 1.63. The summed E-state index contributed by atoms with van der Waals surface area (Å²) >= 11 is 5.95. The first-order valence-electron chi connectivity index (χ1n) is 7.12.